The summed E-state index contributed by atoms with van der Waals surface area (Å²) in [6, 6.07) is 9.79. The Morgan fingerprint density at radius 3 is 2.52 bits per heavy atom. The molecule has 1 aromatic heterocycles. The minimum Gasteiger partial charge on any atom is -0.469 e. The van der Waals surface area contributed by atoms with Gasteiger partial charge in [0, 0.05) is 12.7 Å². The van der Waals surface area contributed by atoms with E-state index in [-0.39, 0.29) is 12.4 Å². The molecule has 5 heteroatoms. The Morgan fingerprint density at radius 1 is 1.33 bits per heavy atom. The van der Waals surface area contributed by atoms with E-state index in [1.165, 1.54) is 12.7 Å². The summed E-state index contributed by atoms with van der Waals surface area (Å²) in [5, 5.41) is 0.521. The number of nitrogens with zero attached hydrogens (tertiary/aromatic N) is 1. The molecule has 0 amide bonds. The topological polar surface area (TPSA) is 31.2 Å². The Bertz CT molecular complexity index is 689. The molecule has 0 unspecified atom stereocenters. The number of rotatable bonds is 4. The van der Waals surface area contributed by atoms with E-state index in [0.29, 0.717) is 15.6 Å². The molecule has 0 N–H and O–H groups in total. The van der Waals surface area contributed by atoms with Crippen LogP contribution in [0, 0.1) is 6.92 Å². The Morgan fingerprint density at radius 2 is 1.95 bits per heavy atom. The lowest BCUT2D eigenvalue weighted by molar-refractivity contribution is -0.139. The smallest absolute Gasteiger partial charge is 0.311 e. The Labute approximate surface area is 134 Å². The number of aryl methyl sites for hydroxylation is 1. The highest BCUT2D eigenvalue weighted by Gasteiger charge is 2.18. The number of hydrogen-bond acceptors (Lipinski definition) is 3. The predicted molar refractivity (Wildman–Crippen MR) is 88.1 cm³/mol. The summed E-state index contributed by atoms with van der Waals surface area (Å²) in [5.41, 5.74) is 3.65. The van der Waals surface area contributed by atoms with Crippen molar-refractivity contribution in [2.24, 2.45) is 7.05 Å². The summed E-state index contributed by atoms with van der Waals surface area (Å²) in [5.74, 6) is -0.328. The number of aromatic nitrogens is 1. The first-order chi connectivity index (χ1) is 9.93. The van der Waals surface area contributed by atoms with E-state index in [0.717, 1.165) is 11.3 Å². The van der Waals surface area contributed by atoms with Crippen molar-refractivity contribution in [1.82, 2.24) is 4.57 Å². The molecule has 2 aromatic rings. The normalized spacial score (nSPS) is 10.5. The van der Waals surface area contributed by atoms with Gasteiger partial charge < -0.3 is 9.30 Å². The summed E-state index contributed by atoms with van der Waals surface area (Å²) in [7, 11) is 3.21. The molecular weight excluding hydrogens is 306 g/mol. The molecule has 3 nitrogen and oxygen atoms in total. The van der Waals surface area contributed by atoms with Gasteiger partial charge >= 0.3 is 5.97 Å². The summed E-state index contributed by atoms with van der Waals surface area (Å²) < 4.78 is 6.54. The van der Waals surface area contributed by atoms with Gasteiger partial charge in [-0.3, -0.25) is 4.79 Å². The maximum atomic E-state index is 11.4. The fraction of sp³-hybridized carbons (Fsp3) is 0.250. The SMILES string of the molecule is COC(=O)Cc1c(Cl)cc(C(=S)c2ccc(C)cc2)n1C. The molecule has 0 atom stereocenters. The molecule has 2 rings (SSSR count). The fourth-order valence-corrected chi connectivity index (χ4v) is 2.72. The van der Waals surface area contributed by atoms with Gasteiger partial charge in [-0.25, -0.2) is 0 Å². The van der Waals surface area contributed by atoms with Crippen LogP contribution < -0.4 is 0 Å². The fourth-order valence-electron chi connectivity index (χ4n) is 2.09. The van der Waals surface area contributed by atoms with E-state index in [2.05, 4.69) is 4.74 Å². The monoisotopic (exact) mass is 321 g/mol. The van der Waals surface area contributed by atoms with Gasteiger partial charge in [-0.15, -0.1) is 0 Å². The van der Waals surface area contributed by atoms with Gasteiger partial charge in [0.2, 0.25) is 0 Å². The number of thiocarbonyl (C=S) groups is 1. The third-order valence-electron chi connectivity index (χ3n) is 3.39. The van der Waals surface area contributed by atoms with Crippen molar-refractivity contribution in [2.45, 2.75) is 13.3 Å². The predicted octanol–water partition coefficient (Wildman–Crippen LogP) is 3.47. The first-order valence-corrected chi connectivity index (χ1v) is 7.25. The second-order valence-corrected chi connectivity index (χ2v) is 5.65. The third-order valence-corrected chi connectivity index (χ3v) is 4.16. The molecule has 0 saturated carbocycles. The van der Waals surface area contributed by atoms with E-state index in [1.54, 1.807) is 6.07 Å². The van der Waals surface area contributed by atoms with E-state index in [4.69, 9.17) is 23.8 Å². The van der Waals surface area contributed by atoms with Crippen LogP contribution >= 0.6 is 23.8 Å². The van der Waals surface area contributed by atoms with Gasteiger partial charge in [0.1, 0.15) is 0 Å². The van der Waals surface area contributed by atoms with Gasteiger partial charge in [0.15, 0.2) is 0 Å². The first-order valence-electron chi connectivity index (χ1n) is 6.46. The number of methoxy groups -OCH3 is 1. The molecule has 0 spiro atoms. The van der Waals surface area contributed by atoms with Crippen LogP contribution in [0.4, 0.5) is 0 Å². The largest absolute Gasteiger partial charge is 0.469 e. The van der Waals surface area contributed by atoms with Crippen molar-refractivity contribution < 1.29 is 9.53 Å². The van der Waals surface area contributed by atoms with Gasteiger partial charge in [-0.2, -0.15) is 0 Å². The van der Waals surface area contributed by atoms with Crippen LogP contribution in [-0.2, 0) is 23.0 Å². The molecule has 1 aromatic carbocycles. The molecule has 110 valence electrons. The molecule has 0 aliphatic heterocycles. The van der Waals surface area contributed by atoms with Crippen molar-refractivity contribution in [3.63, 3.8) is 0 Å². The lowest BCUT2D eigenvalue weighted by Crippen LogP contribution is -2.12. The van der Waals surface area contributed by atoms with Crippen LogP contribution in [0.25, 0.3) is 0 Å². The Balaban J connectivity index is 2.36. The van der Waals surface area contributed by atoms with E-state index in [9.17, 15) is 4.79 Å². The van der Waals surface area contributed by atoms with Gasteiger partial charge in [-0.05, 0) is 18.6 Å². The van der Waals surface area contributed by atoms with E-state index in [1.807, 2.05) is 42.8 Å². The highest BCUT2D eigenvalue weighted by molar-refractivity contribution is 7.81. The van der Waals surface area contributed by atoms with E-state index < -0.39 is 0 Å². The number of carbonyl (C=O) groups is 1. The van der Waals surface area contributed by atoms with E-state index >= 15 is 0 Å². The highest BCUT2D eigenvalue weighted by Crippen LogP contribution is 2.24. The minimum atomic E-state index is -0.328. The summed E-state index contributed by atoms with van der Waals surface area (Å²) >= 11 is 11.8. The average Bonchev–Trinajstić information content (AvgIpc) is 2.75. The number of carbonyl (C=O) groups excluding carboxylic acids is 1. The molecule has 0 saturated heterocycles. The third kappa shape index (κ3) is 3.34. The maximum absolute atomic E-state index is 11.4. The van der Waals surface area contributed by atoms with Crippen LogP contribution in [0.15, 0.2) is 30.3 Å². The zero-order chi connectivity index (χ0) is 15.6. The highest BCUT2D eigenvalue weighted by atomic mass is 35.5. The molecule has 0 aliphatic rings. The van der Waals surface area contributed by atoms with Crippen molar-refractivity contribution in [3.05, 3.63) is 57.9 Å². The summed E-state index contributed by atoms with van der Waals surface area (Å²) in [6.07, 6.45) is 0.127. The molecule has 1 heterocycles. The van der Waals surface area contributed by atoms with Crippen molar-refractivity contribution in [2.75, 3.05) is 7.11 Å². The summed E-state index contributed by atoms with van der Waals surface area (Å²) in [6.45, 7) is 2.03. The molecule has 0 fully saturated rings. The number of ether oxygens (including phenoxy) is 1. The van der Waals surface area contributed by atoms with Crippen LogP contribution in [0.1, 0.15) is 22.5 Å². The number of benzene rings is 1. The lowest BCUT2D eigenvalue weighted by atomic mass is 10.1. The standard InChI is InChI=1S/C16H16ClNO2S/c1-10-4-6-11(7-5-10)16(21)14-8-12(17)13(18(14)2)9-15(19)20-3/h4-8H,9H2,1-3H3. The molecule has 21 heavy (non-hydrogen) atoms. The number of hydrogen-bond donors (Lipinski definition) is 0. The Hall–Kier alpha value is -1.65. The van der Waals surface area contributed by atoms with Crippen LogP contribution in [0.3, 0.4) is 0 Å². The molecule has 0 radical (unpaired) electrons. The van der Waals surface area contributed by atoms with Crippen molar-refractivity contribution in [3.8, 4) is 0 Å². The summed E-state index contributed by atoms with van der Waals surface area (Å²) in [4.78, 5) is 12.1. The Kier molecular flexibility index (Phi) is 4.80. The number of esters is 1. The first kappa shape index (κ1) is 15.7. The van der Waals surface area contributed by atoms with Gasteiger partial charge in [0.05, 0.1) is 29.1 Å². The second kappa shape index (κ2) is 6.41. The zero-order valence-corrected chi connectivity index (χ0v) is 13.7. The molecular formula is C16H16ClNO2S. The second-order valence-electron chi connectivity index (χ2n) is 4.83. The quantitative estimate of drug-likeness (QED) is 0.491. The van der Waals surface area contributed by atoms with Crippen molar-refractivity contribution >= 4 is 34.7 Å². The zero-order valence-electron chi connectivity index (χ0n) is 12.1. The van der Waals surface area contributed by atoms with Gasteiger partial charge in [0.25, 0.3) is 0 Å². The molecule has 0 aliphatic carbocycles. The van der Waals surface area contributed by atoms with Crippen LogP contribution in [0.5, 0.6) is 0 Å². The average molecular weight is 322 g/mol. The van der Waals surface area contributed by atoms with Crippen molar-refractivity contribution in [1.29, 1.82) is 0 Å². The van der Waals surface area contributed by atoms with Crippen LogP contribution in [-0.4, -0.2) is 22.5 Å². The lowest BCUT2D eigenvalue weighted by Gasteiger charge is -2.09. The van der Waals surface area contributed by atoms with Crippen LogP contribution in [0.2, 0.25) is 5.02 Å². The van der Waals surface area contributed by atoms with Gasteiger partial charge in [-0.1, -0.05) is 53.6 Å². The number of halogens is 1. The maximum Gasteiger partial charge on any atom is 0.311 e. The minimum absolute atomic E-state index is 0.127. The molecule has 0 bridgehead atoms.